The lowest BCUT2D eigenvalue weighted by atomic mass is 10.2. The van der Waals surface area contributed by atoms with Crippen LogP contribution in [0, 0.1) is 0 Å². The summed E-state index contributed by atoms with van der Waals surface area (Å²) in [7, 11) is -1.16. The number of halogens is 2. The van der Waals surface area contributed by atoms with E-state index in [-0.39, 0.29) is 9.92 Å². The van der Waals surface area contributed by atoms with E-state index in [0.717, 1.165) is 14.3 Å². The highest BCUT2D eigenvalue weighted by molar-refractivity contribution is 9.10. The molecule has 0 radical (unpaired) electrons. The molecule has 0 fully saturated rings. The lowest BCUT2D eigenvalue weighted by molar-refractivity contribution is -0.121. The Bertz CT molecular complexity index is 966. The summed E-state index contributed by atoms with van der Waals surface area (Å²) >= 11 is 9.31. The largest absolute Gasteiger partial charge is 0.495 e. The quantitative estimate of drug-likeness (QED) is 0.494. The summed E-state index contributed by atoms with van der Waals surface area (Å²) in [6, 6.07) is 11.4. The van der Waals surface area contributed by atoms with E-state index < -0.39 is 22.5 Å². The van der Waals surface area contributed by atoms with Crippen molar-refractivity contribution in [1.82, 2.24) is 9.73 Å². The van der Waals surface area contributed by atoms with Gasteiger partial charge in [-0.25, -0.2) is 13.8 Å². The number of likely N-dealkylation sites (N-methyl/N-ethyl adjacent to an activating group) is 1. The third-order valence-corrected chi connectivity index (χ3v) is 6.04. The Morgan fingerprint density at radius 3 is 2.70 bits per heavy atom. The van der Waals surface area contributed by atoms with E-state index in [2.05, 4.69) is 26.5 Å². The van der Waals surface area contributed by atoms with Crippen molar-refractivity contribution in [2.24, 2.45) is 5.10 Å². The second-order valence-corrected chi connectivity index (χ2v) is 8.77. The molecule has 0 aliphatic carbocycles. The van der Waals surface area contributed by atoms with Crippen LogP contribution < -0.4 is 10.2 Å². The van der Waals surface area contributed by atoms with Crippen LogP contribution in [0.3, 0.4) is 0 Å². The maximum absolute atomic E-state index is 12.6. The molecule has 0 saturated carbocycles. The maximum Gasteiger partial charge on any atom is 0.255 e. The van der Waals surface area contributed by atoms with Crippen LogP contribution in [0.1, 0.15) is 5.56 Å². The molecule has 0 heterocycles. The molecule has 0 unspecified atom stereocenters. The average molecular weight is 475 g/mol. The van der Waals surface area contributed by atoms with Crippen LogP contribution in [-0.2, 0) is 14.8 Å². The van der Waals surface area contributed by atoms with Gasteiger partial charge < -0.3 is 4.74 Å². The standard InChI is InChI=1S/C17H17BrClN3O4S/c1-22(27(24,25)14-6-7-16(26-2)15(19)9-14)11-17(23)21-20-10-12-4-3-5-13(18)8-12/h3-10H,11H2,1-2H3,(H,21,23)/b20-10-. The molecule has 0 spiro atoms. The van der Waals surface area contributed by atoms with Crippen molar-refractivity contribution >= 4 is 49.7 Å². The number of carbonyl (C=O) groups is 1. The molecule has 0 aromatic heterocycles. The number of methoxy groups -OCH3 is 1. The van der Waals surface area contributed by atoms with Gasteiger partial charge in [-0.2, -0.15) is 9.41 Å². The van der Waals surface area contributed by atoms with Crippen molar-refractivity contribution in [1.29, 1.82) is 0 Å². The van der Waals surface area contributed by atoms with E-state index in [1.165, 1.54) is 38.6 Å². The zero-order valence-corrected chi connectivity index (χ0v) is 17.7. The van der Waals surface area contributed by atoms with E-state index in [4.69, 9.17) is 16.3 Å². The van der Waals surface area contributed by atoms with Gasteiger partial charge in [0.25, 0.3) is 5.91 Å². The minimum Gasteiger partial charge on any atom is -0.495 e. The van der Waals surface area contributed by atoms with Gasteiger partial charge in [0.2, 0.25) is 10.0 Å². The zero-order chi connectivity index (χ0) is 20.0. The highest BCUT2D eigenvalue weighted by Gasteiger charge is 2.23. The summed E-state index contributed by atoms with van der Waals surface area (Å²) in [5.41, 5.74) is 3.07. The number of sulfonamides is 1. The van der Waals surface area contributed by atoms with Crippen molar-refractivity contribution in [3.8, 4) is 5.75 Å². The zero-order valence-electron chi connectivity index (χ0n) is 14.5. The first-order valence-electron chi connectivity index (χ1n) is 7.61. The van der Waals surface area contributed by atoms with Crippen LogP contribution in [-0.4, -0.2) is 45.5 Å². The Balaban J connectivity index is 2.01. The molecule has 144 valence electrons. The van der Waals surface area contributed by atoms with Crippen molar-refractivity contribution in [2.75, 3.05) is 20.7 Å². The lowest BCUT2D eigenvalue weighted by Gasteiger charge is -2.16. The molecule has 2 aromatic carbocycles. The van der Waals surface area contributed by atoms with Gasteiger partial charge in [-0.1, -0.05) is 39.7 Å². The number of nitrogens with one attached hydrogen (secondary N) is 1. The molecule has 7 nitrogen and oxygen atoms in total. The molecule has 2 aromatic rings. The molecule has 0 bridgehead atoms. The van der Waals surface area contributed by atoms with Crippen LogP contribution in [0.2, 0.25) is 5.02 Å². The Hall–Kier alpha value is -1.94. The fourth-order valence-corrected chi connectivity index (χ4v) is 3.97. The number of nitrogens with zero attached hydrogens (tertiary/aromatic N) is 2. The molecule has 10 heteroatoms. The van der Waals surface area contributed by atoms with Crippen LogP contribution in [0.4, 0.5) is 0 Å². The second-order valence-electron chi connectivity index (χ2n) is 5.41. The fourth-order valence-electron chi connectivity index (χ4n) is 2.08. The molecule has 1 N–H and O–H groups in total. The molecule has 1 amide bonds. The summed E-state index contributed by atoms with van der Waals surface area (Å²) in [4.78, 5) is 11.9. The lowest BCUT2D eigenvalue weighted by Crippen LogP contribution is -2.36. The molecule has 0 aliphatic rings. The minimum absolute atomic E-state index is 0.0405. The Morgan fingerprint density at radius 1 is 1.33 bits per heavy atom. The number of hydrazone groups is 1. The first-order valence-corrected chi connectivity index (χ1v) is 10.2. The van der Waals surface area contributed by atoms with Gasteiger partial charge >= 0.3 is 0 Å². The Labute approximate surface area is 171 Å². The molecule has 0 saturated heterocycles. The molecular weight excluding hydrogens is 458 g/mol. The number of amides is 1. The smallest absolute Gasteiger partial charge is 0.255 e. The SMILES string of the molecule is COc1ccc(S(=O)(=O)N(C)CC(=O)N/N=C\c2cccc(Br)c2)cc1Cl. The second kappa shape index (κ2) is 9.32. The van der Waals surface area contributed by atoms with Crippen molar-refractivity contribution < 1.29 is 17.9 Å². The summed E-state index contributed by atoms with van der Waals surface area (Å²) in [5, 5.41) is 3.98. The van der Waals surface area contributed by atoms with E-state index in [9.17, 15) is 13.2 Å². The third kappa shape index (κ3) is 5.77. The van der Waals surface area contributed by atoms with E-state index in [0.29, 0.717) is 5.75 Å². The summed E-state index contributed by atoms with van der Waals surface area (Å²) in [5.74, 6) is -0.218. The highest BCUT2D eigenvalue weighted by Crippen LogP contribution is 2.28. The normalized spacial score (nSPS) is 11.7. The molecular formula is C17H17BrClN3O4S. The summed E-state index contributed by atoms with van der Waals surface area (Å²) < 4.78 is 31.9. The minimum atomic E-state index is -3.89. The number of rotatable bonds is 7. The number of hydrogen-bond donors (Lipinski definition) is 1. The van der Waals surface area contributed by atoms with E-state index in [1.54, 1.807) is 0 Å². The molecule has 27 heavy (non-hydrogen) atoms. The van der Waals surface area contributed by atoms with Crippen molar-refractivity contribution in [2.45, 2.75) is 4.90 Å². The Kier molecular flexibility index (Phi) is 7.37. The van der Waals surface area contributed by atoms with Gasteiger partial charge in [0.1, 0.15) is 5.75 Å². The van der Waals surface area contributed by atoms with Crippen LogP contribution in [0.5, 0.6) is 5.75 Å². The summed E-state index contributed by atoms with van der Waals surface area (Å²) in [6.07, 6.45) is 1.46. The predicted molar refractivity (Wildman–Crippen MR) is 108 cm³/mol. The predicted octanol–water partition coefficient (Wildman–Crippen LogP) is 2.88. The molecule has 2 rings (SSSR count). The van der Waals surface area contributed by atoms with Gasteiger partial charge in [-0.05, 0) is 35.9 Å². The molecule has 0 aliphatic heterocycles. The summed E-state index contributed by atoms with van der Waals surface area (Å²) in [6.45, 7) is -0.401. The van der Waals surface area contributed by atoms with Gasteiger partial charge in [0, 0.05) is 11.5 Å². The van der Waals surface area contributed by atoms with Crippen molar-refractivity contribution in [3.63, 3.8) is 0 Å². The third-order valence-electron chi connectivity index (χ3n) is 3.45. The van der Waals surface area contributed by atoms with Gasteiger partial charge in [-0.15, -0.1) is 0 Å². The van der Waals surface area contributed by atoms with E-state index >= 15 is 0 Å². The van der Waals surface area contributed by atoms with Gasteiger partial charge in [0.05, 0.1) is 29.8 Å². The number of ether oxygens (including phenoxy) is 1. The number of benzene rings is 2. The van der Waals surface area contributed by atoms with Crippen LogP contribution in [0.15, 0.2) is 56.9 Å². The molecule has 0 atom stereocenters. The van der Waals surface area contributed by atoms with Crippen molar-refractivity contribution in [3.05, 3.63) is 57.5 Å². The van der Waals surface area contributed by atoms with Gasteiger partial charge in [-0.3, -0.25) is 4.79 Å². The monoisotopic (exact) mass is 473 g/mol. The Morgan fingerprint density at radius 2 is 2.07 bits per heavy atom. The van der Waals surface area contributed by atoms with E-state index in [1.807, 2.05) is 24.3 Å². The average Bonchev–Trinajstić information content (AvgIpc) is 2.61. The number of hydrogen-bond acceptors (Lipinski definition) is 5. The van der Waals surface area contributed by atoms with Gasteiger partial charge in [0.15, 0.2) is 0 Å². The topological polar surface area (TPSA) is 88.1 Å². The first-order chi connectivity index (χ1) is 12.7. The van der Waals surface area contributed by atoms with Crippen LogP contribution >= 0.6 is 27.5 Å². The fraction of sp³-hybridized carbons (Fsp3) is 0.176. The van der Waals surface area contributed by atoms with Crippen LogP contribution in [0.25, 0.3) is 0 Å². The highest BCUT2D eigenvalue weighted by atomic mass is 79.9. The maximum atomic E-state index is 12.6. The first kappa shape index (κ1) is 21.4. The number of carbonyl (C=O) groups excluding carboxylic acids is 1.